The smallest absolute Gasteiger partial charge is 0.327 e. The molecule has 1 atom stereocenters. The number of carboxylic acid groups (broad SMARTS) is 1. The van der Waals surface area contributed by atoms with Crippen LogP contribution in [-0.4, -0.2) is 33.7 Å². The summed E-state index contributed by atoms with van der Waals surface area (Å²) in [6.45, 7) is 1.24. The number of thioether (sulfide) groups is 1. The minimum atomic E-state index is -1.13. The van der Waals surface area contributed by atoms with Crippen LogP contribution in [0.3, 0.4) is 0 Å². The van der Waals surface area contributed by atoms with E-state index in [1.54, 1.807) is 18.2 Å². The summed E-state index contributed by atoms with van der Waals surface area (Å²) < 4.78 is 0. The number of nitrogens with one attached hydrogen (secondary N) is 1. The highest BCUT2D eigenvalue weighted by Gasteiger charge is 2.19. The highest BCUT2D eigenvalue weighted by molar-refractivity contribution is 7.98. The predicted molar refractivity (Wildman–Crippen MR) is 74.5 cm³/mol. The summed E-state index contributed by atoms with van der Waals surface area (Å²) >= 11 is 1.22. The topological polar surface area (TPSA) is 110 Å². The van der Waals surface area contributed by atoms with Crippen LogP contribution in [0.2, 0.25) is 0 Å². The Bertz CT molecular complexity index is 520. The number of benzene rings is 1. The maximum Gasteiger partial charge on any atom is 0.327 e. The normalized spacial score (nSPS) is 11.7. The van der Waals surface area contributed by atoms with E-state index in [1.165, 1.54) is 24.8 Å². The van der Waals surface area contributed by atoms with E-state index in [9.17, 15) is 19.7 Å². The second-order valence-electron chi connectivity index (χ2n) is 3.99. The minimum absolute atomic E-state index is 0.00593. The van der Waals surface area contributed by atoms with Crippen LogP contribution in [0.1, 0.15) is 12.5 Å². The molecule has 0 radical (unpaired) electrons. The third kappa shape index (κ3) is 4.88. The lowest BCUT2D eigenvalue weighted by Gasteiger charge is -2.12. The molecule has 0 aromatic heterocycles. The molecule has 7 nitrogen and oxygen atoms in total. The Morgan fingerprint density at radius 3 is 2.65 bits per heavy atom. The summed E-state index contributed by atoms with van der Waals surface area (Å²) in [5, 5.41) is 22.1. The van der Waals surface area contributed by atoms with Crippen molar-refractivity contribution in [2.45, 2.75) is 18.7 Å². The molecular weight excluding hydrogens is 284 g/mol. The molecule has 1 amide bonds. The van der Waals surface area contributed by atoms with Crippen LogP contribution in [0.4, 0.5) is 5.69 Å². The second-order valence-corrected chi connectivity index (χ2v) is 5.02. The van der Waals surface area contributed by atoms with Gasteiger partial charge in [-0.1, -0.05) is 18.2 Å². The van der Waals surface area contributed by atoms with Crippen molar-refractivity contribution in [2.75, 3.05) is 5.75 Å². The van der Waals surface area contributed by atoms with Gasteiger partial charge in [0.25, 0.3) is 5.69 Å². The van der Waals surface area contributed by atoms with Crippen molar-refractivity contribution < 1.29 is 19.6 Å². The Balaban J connectivity index is 2.61. The number of nitrogens with zero attached hydrogens (tertiary/aromatic N) is 1. The molecule has 0 aliphatic carbocycles. The Hall–Kier alpha value is -2.09. The molecule has 0 saturated heterocycles. The first-order chi connectivity index (χ1) is 9.41. The third-order valence-corrected chi connectivity index (χ3v) is 3.49. The zero-order valence-corrected chi connectivity index (χ0v) is 11.6. The van der Waals surface area contributed by atoms with Gasteiger partial charge in [0.05, 0.1) is 4.92 Å². The zero-order valence-electron chi connectivity index (χ0n) is 10.7. The first kappa shape index (κ1) is 16.0. The van der Waals surface area contributed by atoms with Crippen molar-refractivity contribution in [2.24, 2.45) is 0 Å². The van der Waals surface area contributed by atoms with Gasteiger partial charge in [0, 0.05) is 30.1 Å². The molecule has 0 aliphatic rings. The predicted octanol–water partition coefficient (Wildman–Crippen LogP) is 1.42. The summed E-state index contributed by atoms with van der Waals surface area (Å²) in [4.78, 5) is 32.1. The van der Waals surface area contributed by atoms with E-state index in [0.717, 1.165) is 0 Å². The number of amides is 1. The van der Waals surface area contributed by atoms with E-state index in [-0.39, 0.29) is 11.4 Å². The fourth-order valence-electron chi connectivity index (χ4n) is 1.52. The Kier molecular flexibility index (Phi) is 5.98. The van der Waals surface area contributed by atoms with Crippen molar-refractivity contribution in [3.05, 3.63) is 39.9 Å². The highest BCUT2D eigenvalue weighted by Crippen LogP contribution is 2.23. The summed E-state index contributed by atoms with van der Waals surface area (Å²) in [7, 11) is 0. The number of carbonyl (C=O) groups is 2. The molecule has 0 saturated carbocycles. The van der Waals surface area contributed by atoms with E-state index in [1.807, 2.05) is 0 Å². The molecule has 0 aliphatic heterocycles. The molecule has 20 heavy (non-hydrogen) atoms. The van der Waals surface area contributed by atoms with Crippen LogP contribution in [0.15, 0.2) is 24.3 Å². The fraction of sp³-hybridized carbons (Fsp3) is 0.333. The fourth-order valence-corrected chi connectivity index (χ4v) is 2.56. The van der Waals surface area contributed by atoms with Crippen molar-refractivity contribution in [3.8, 4) is 0 Å². The zero-order chi connectivity index (χ0) is 15.1. The van der Waals surface area contributed by atoms with E-state index < -0.39 is 22.8 Å². The number of hydrogen-bond donors (Lipinski definition) is 2. The molecule has 8 heteroatoms. The summed E-state index contributed by atoms with van der Waals surface area (Å²) in [5.41, 5.74) is 0.529. The van der Waals surface area contributed by atoms with Gasteiger partial charge in [-0.05, 0) is 0 Å². The Labute approximate surface area is 119 Å². The summed E-state index contributed by atoms with van der Waals surface area (Å²) in [5.74, 6) is -1.11. The third-order valence-electron chi connectivity index (χ3n) is 2.41. The molecule has 2 N–H and O–H groups in total. The maximum atomic E-state index is 10.9. The van der Waals surface area contributed by atoms with Gasteiger partial charge < -0.3 is 10.4 Å². The number of para-hydroxylation sites is 1. The first-order valence-corrected chi connectivity index (χ1v) is 6.87. The molecular formula is C12H14N2O5S. The van der Waals surface area contributed by atoms with Gasteiger partial charge in [0.2, 0.25) is 5.91 Å². The van der Waals surface area contributed by atoms with Gasteiger partial charge in [-0.2, -0.15) is 11.8 Å². The molecule has 108 valence electrons. The van der Waals surface area contributed by atoms with Gasteiger partial charge in [-0.3, -0.25) is 14.9 Å². The SMILES string of the molecule is CC(=O)N[C@@H](CSCc1ccccc1[N+](=O)[O-])C(=O)O. The average molecular weight is 298 g/mol. The quantitative estimate of drug-likeness (QED) is 0.582. The second kappa shape index (κ2) is 7.49. The van der Waals surface area contributed by atoms with Gasteiger partial charge >= 0.3 is 5.97 Å². The van der Waals surface area contributed by atoms with Crippen LogP contribution in [0.25, 0.3) is 0 Å². The van der Waals surface area contributed by atoms with E-state index in [4.69, 9.17) is 5.11 Å². The van der Waals surface area contributed by atoms with Gasteiger partial charge in [0.1, 0.15) is 6.04 Å². The molecule has 0 unspecified atom stereocenters. The minimum Gasteiger partial charge on any atom is -0.480 e. The molecule has 0 bridgehead atoms. The molecule has 0 heterocycles. The monoisotopic (exact) mass is 298 g/mol. The van der Waals surface area contributed by atoms with Crippen molar-refractivity contribution in [1.29, 1.82) is 0 Å². The lowest BCUT2D eigenvalue weighted by molar-refractivity contribution is -0.385. The van der Waals surface area contributed by atoms with Crippen LogP contribution in [-0.2, 0) is 15.3 Å². The van der Waals surface area contributed by atoms with Crippen LogP contribution in [0, 0.1) is 10.1 Å². The van der Waals surface area contributed by atoms with Crippen LogP contribution < -0.4 is 5.32 Å². The lowest BCUT2D eigenvalue weighted by Crippen LogP contribution is -2.41. The number of carbonyl (C=O) groups excluding carboxylic acids is 1. The standard InChI is InChI=1S/C12H14N2O5S/c1-8(15)13-10(12(16)17)7-20-6-9-4-2-3-5-11(9)14(18)19/h2-5,10H,6-7H2,1H3,(H,13,15)(H,16,17)/t10-/m0/s1. The largest absolute Gasteiger partial charge is 0.480 e. The number of nitro groups is 1. The number of rotatable bonds is 7. The number of aliphatic carboxylic acids is 1. The summed E-state index contributed by atoms with van der Waals surface area (Å²) in [6, 6.07) is 5.28. The molecule has 0 fully saturated rings. The lowest BCUT2D eigenvalue weighted by atomic mass is 10.2. The van der Waals surface area contributed by atoms with E-state index >= 15 is 0 Å². The Morgan fingerprint density at radius 2 is 2.10 bits per heavy atom. The van der Waals surface area contributed by atoms with Crippen molar-refractivity contribution in [1.82, 2.24) is 5.32 Å². The van der Waals surface area contributed by atoms with Gasteiger partial charge in [0.15, 0.2) is 0 Å². The highest BCUT2D eigenvalue weighted by atomic mass is 32.2. The van der Waals surface area contributed by atoms with Crippen LogP contribution >= 0.6 is 11.8 Å². The number of carboxylic acids is 1. The molecule has 1 aromatic carbocycles. The molecule has 1 rings (SSSR count). The van der Waals surface area contributed by atoms with Crippen molar-refractivity contribution in [3.63, 3.8) is 0 Å². The summed E-state index contributed by atoms with van der Waals surface area (Å²) in [6.07, 6.45) is 0. The van der Waals surface area contributed by atoms with E-state index in [0.29, 0.717) is 11.3 Å². The van der Waals surface area contributed by atoms with Crippen molar-refractivity contribution >= 4 is 29.3 Å². The van der Waals surface area contributed by atoms with Gasteiger partial charge in [-0.15, -0.1) is 0 Å². The van der Waals surface area contributed by atoms with E-state index in [2.05, 4.69) is 5.32 Å². The van der Waals surface area contributed by atoms with Gasteiger partial charge in [-0.25, -0.2) is 4.79 Å². The van der Waals surface area contributed by atoms with Crippen LogP contribution in [0.5, 0.6) is 0 Å². The number of nitro benzene ring substituents is 1. The Morgan fingerprint density at radius 1 is 1.45 bits per heavy atom. The first-order valence-electron chi connectivity index (χ1n) is 5.71. The maximum absolute atomic E-state index is 10.9. The number of hydrogen-bond acceptors (Lipinski definition) is 5. The molecule has 0 spiro atoms. The molecule has 1 aromatic rings. The average Bonchev–Trinajstić information content (AvgIpc) is 2.37.